The Hall–Kier alpha value is -3.15. The highest BCUT2D eigenvalue weighted by Gasteiger charge is 2.07. The van der Waals surface area contributed by atoms with Gasteiger partial charge in [0.15, 0.2) is 0 Å². The number of hydrogen-bond acceptors (Lipinski definition) is 4. The molecule has 0 bridgehead atoms. The highest BCUT2D eigenvalue weighted by molar-refractivity contribution is 6.04. The summed E-state index contributed by atoms with van der Waals surface area (Å²) in [6.45, 7) is 5.00. The first-order chi connectivity index (χ1) is 12.6. The predicted octanol–water partition coefficient (Wildman–Crippen LogP) is 3.94. The van der Waals surface area contributed by atoms with Gasteiger partial charge in [0.1, 0.15) is 17.9 Å². The van der Waals surface area contributed by atoms with Crippen molar-refractivity contribution in [2.45, 2.75) is 20.3 Å². The van der Waals surface area contributed by atoms with Crippen molar-refractivity contribution in [2.24, 2.45) is 5.92 Å². The predicted molar refractivity (Wildman–Crippen MR) is 101 cm³/mol. The molecule has 26 heavy (non-hydrogen) atoms. The van der Waals surface area contributed by atoms with Crippen molar-refractivity contribution in [1.82, 2.24) is 14.5 Å². The zero-order valence-corrected chi connectivity index (χ0v) is 14.9. The first-order valence-electron chi connectivity index (χ1n) is 8.60. The first-order valence-corrected chi connectivity index (χ1v) is 8.60. The Kier molecular flexibility index (Phi) is 5.63. The molecule has 6 nitrogen and oxygen atoms in total. The van der Waals surface area contributed by atoms with Crippen LogP contribution in [0.5, 0.6) is 5.75 Å². The maximum atomic E-state index is 12.3. The molecule has 3 rings (SSSR count). The maximum absolute atomic E-state index is 12.3. The van der Waals surface area contributed by atoms with E-state index in [9.17, 15) is 4.79 Å². The first kappa shape index (κ1) is 17.7. The quantitative estimate of drug-likeness (QED) is 0.701. The van der Waals surface area contributed by atoms with E-state index in [2.05, 4.69) is 29.1 Å². The van der Waals surface area contributed by atoms with Crippen LogP contribution in [0.2, 0.25) is 0 Å². The van der Waals surface area contributed by atoms with E-state index in [-0.39, 0.29) is 5.91 Å². The Labute approximate surface area is 152 Å². The summed E-state index contributed by atoms with van der Waals surface area (Å²) >= 11 is 0. The monoisotopic (exact) mass is 350 g/mol. The fraction of sp³-hybridized carbons (Fsp3) is 0.250. The SMILES string of the molecule is CC(C)CCOc1ccc(C(=O)Nc2ccc(-n3ccnc3)nc2)cc1. The molecule has 0 radical (unpaired) electrons. The second-order valence-electron chi connectivity index (χ2n) is 6.38. The number of amides is 1. The third-order valence-corrected chi connectivity index (χ3v) is 3.86. The van der Waals surface area contributed by atoms with Crippen molar-refractivity contribution in [3.8, 4) is 11.6 Å². The van der Waals surface area contributed by atoms with Gasteiger partial charge < -0.3 is 10.1 Å². The van der Waals surface area contributed by atoms with Crippen molar-refractivity contribution >= 4 is 11.6 Å². The molecule has 0 aliphatic heterocycles. The van der Waals surface area contributed by atoms with Gasteiger partial charge in [-0.25, -0.2) is 9.97 Å². The van der Waals surface area contributed by atoms with Crippen LogP contribution in [0.3, 0.4) is 0 Å². The third-order valence-electron chi connectivity index (χ3n) is 3.86. The molecule has 1 aromatic carbocycles. The largest absolute Gasteiger partial charge is 0.494 e. The summed E-state index contributed by atoms with van der Waals surface area (Å²) in [4.78, 5) is 20.7. The van der Waals surface area contributed by atoms with E-state index < -0.39 is 0 Å². The number of hydrogen-bond donors (Lipinski definition) is 1. The summed E-state index contributed by atoms with van der Waals surface area (Å²) in [5.41, 5.74) is 1.20. The van der Waals surface area contributed by atoms with E-state index in [4.69, 9.17) is 4.74 Å². The molecule has 0 aliphatic carbocycles. The van der Waals surface area contributed by atoms with Crippen LogP contribution in [-0.4, -0.2) is 27.0 Å². The molecule has 6 heteroatoms. The van der Waals surface area contributed by atoms with E-state index >= 15 is 0 Å². The van der Waals surface area contributed by atoms with Gasteiger partial charge in [0.25, 0.3) is 5.91 Å². The summed E-state index contributed by atoms with van der Waals surface area (Å²) in [7, 11) is 0. The molecule has 0 saturated heterocycles. The van der Waals surface area contributed by atoms with Crippen LogP contribution in [0.4, 0.5) is 5.69 Å². The minimum absolute atomic E-state index is 0.184. The molecular formula is C20H22N4O2. The minimum Gasteiger partial charge on any atom is -0.494 e. The smallest absolute Gasteiger partial charge is 0.255 e. The van der Waals surface area contributed by atoms with E-state index in [0.717, 1.165) is 18.0 Å². The number of anilines is 1. The molecule has 2 heterocycles. The van der Waals surface area contributed by atoms with Gasteiger partial charge in [0.05, 0.1) is 18.5 Å². The van der Waals surface area contributed by atoms with Crippen LogP contribution in [0.25, 0.3) is 5.82 Å². The number of aromatic nitrogens is 3. The minimum atomic E-state index is -0.184. The number of imidazole rings is 1. The normalized spacial score (nSPS) is 10.7. The highest BCUT2D eigenvalue weighted by atomic mass is 16.5. The molecule has 1 N–H and O–H groups in total. The maximum Gasteiger partial charge on any atom is 0.255 e. The van der Waals surface area contributed by atoms with Crippen LogP contribution >= 0.6 is 0 Å². The van der Waals surface area contributed by atoms with Crippen LogP contribution < -0.4 is 10.1 Å². The van der Waals surface area contributed by atoms with Crippen molar-refractivity contribution in [1.29, 1.82) is 0 Å². The number of nitrogens with zero attached hydrogens (tertiary/aromatic N) is 3. The standard InChI is InChI=1S/C20H22N4O2/c1-15(2)9-12-26-18-6-3-16(4-7-18)20(25)23-17-5-8-19(22-13-17)24-11-10-21-14-24/h3-8,10-11,13-15H,9,12H2,1-2H3,(H,23,25). The molecule has 0 aliphatic rings. The second-order valence-corrected chi connectivity index (χ2v) is 6.38. The molecule has 134 valence electrons. The second kappa shape index (κ2) is 8.29. The van der Waals surface area contributed by atoms with E-state index in [1.165, 1.54) is 0 Å². The molecule has 0 saturated carbocycles. The number of carbonyl (C=O) groups is 1. The molecule has 0 unspecified atom stereocenters. The summed E-state index contributed by atoms with van der Waals surface area (Å²) in [5, 5.41) is 2.84. The lowest BCUT2D eigenvalue weighted by atomic mass is 10.1. The molecule has 0 spiro atoms. The molecule has 0 atom stereocenters. The van der Waals surface area contributed by atoms with Crippen LogP contribution in [0.15, 0.2) is 61.3 Å². The topological polar surface area (TPSA) is 69.0 Å². The number of carbonyl (C=O) groups excluding carboxylic acids is 1. The Morgan fingerprint density at radius 2 is 2.00 bits per heavy atom. The van der Waals surface area contributed by atoms with Crippen molar-refractivity contribution in [2.75, 3.05) is 11.9 Å². The fourth-order valence-corrected chi connectivity index (χ4v) is 2.33. The Morgan fingerprint density at radius 3 is 2.62 bits per heavy atom. The Bertz CT molecular complexity index is 825. The van der Waals surface area contributed by atoms with Gasteiger partial charge in [-0.05, 0) is 48.7 Å². The summed E-state index contributed by atoms with van der Waals surface area (Å²) < 4.78 is 7.46. The van der Waals surface area contributed by atoms with Gasteiger partial charge in [-0.1, -0.05) is 13.8 Å². The van der Waals surface area contributed by atoms with Gasteiger partial charge in [0.2, 0.25) is 0 Å². The van der Waals surface area contributed by atoms with E-state index in [0.29, 0.717) is 23.8 Å². The summed E-state index contributed by atoms with van der Waals surface area (Å²) in [5.74, 6) is 1.93. The number of rotatable bonds is 7. The number of pyridine rings is 1. The lowest BCUT2D eigenvalue weighted by Crippen LogP contribution is -2.12. The van der Waals surface area contributed by atoms with E-state index in [1.807, 2.05) is 30.5 Å². The van der Waals surface area contributed by atoms with Crippen molar-refractivity contribution in [3.05, 3.63) is 66.9 Å². The molecular weight excluding hydrogens is 328 g/mol. The van der Waals surface area contributed by atoms with E-state index in [1.54, 1.807) is 35.4 Å². The van der Waals surface area contributed by atoms with Crippen LogP contribution in [-0.2, 0) is 0 Å². The molecule has 1 amide bonds. The van der Waals surface area contributed by atoms with Crippen LogP contribution in [0, 0.1) is 5.92 Å². The lowest BCUT2D eigenvalue weighted by Gasteiger charge is -2.09. The molecule has 2 aromatic heterocycles. The summed E-state index contributed by atoms with van der Waals surface area (Å²) in [6, 6.07) is 10.8. The average molecular weight is 350 g/mol. The van der Waals surface area contributed by atoms with Gasteiger partial charge in [-0.3, -0.25) is 9.36 Å². The third kappa shape index (κ3) is 4.69. The van der Waals surface area contributed by atoms with Gasteiger partial charge >= 0.3 is 0 Å². The highest BCUT2D eigenvalue weighted by Crippen LogP contribution is 2.15. The number of ether oxygens (including phenoxy) is 1. The Balaban J connectivity index is 1.57. The zero-order valence-electron chi connectivity index (χ0n) is 14.9. The van der Waals surface area contributed by atoms with Gasteiger partial charge in [0, 0.05) is 18.0 Å². The van der Waals surface area contributed by atoms with Gasteiger partial charge in [-0.15, -0.1) is 0 Å². The fourth-order valence-electron chi connectivity index (χ4n) is 2.33. The molecule has 3 aromatic rings. The lowest BCUT2D eigenvalue weighted by molar-refractivity contribution is 0.102. The summed E-state index contributed by atoms with van der Waals surface area (Å²) in [6.07, 6.45) is 7.80. The number of benzene rings is 1. The average Bonchev–Trinajstić information content (AvgIpc) is 3.17. The zero-order chi connectivity index (χ0) is 18.4. The number of nitrogens with one attached hydrogen (secondary N) is 1. The van der Waals surface area contributed by atoms with Crippen molar-refractivity contribution < 1.29 is 9.53 Å². The Morgan fingerprint density at radius 1 is 1.19 bits per heavy atom. The van der Waals surface area contributed by atoms with Crippen molar-refractivity contribution in [3.63, 3.8) is 0 Å². The van der Waals surface area contributed by atoms with Crippen LogP contribution in [0.1, 0.15) is 30.6 Å². The molecule has 0 fully saturated rings. The van der Waals surface area contributed by atoms with Gasteiger partial charge in [-0.2, -0.15) is 0 Å².